The molecule has 2 unspecified atom stereocenters. The maximum absolute atomic E-state index is 10.9. The average Bonchev–Trinajstić information content (AvgIpc) is 2.13. The molecular weight excluding hydrogens is 212 g/mol. The Balaban J connectivity index is 2.51. The molecular formula is C11H20O3S. The second-order valence-corrected chi connectivity index (χ2v) is 5.53. The first kappa shape index (κ1) is 13.0. The quantitative estimate of drug-likeness (QED) is 0.748. The highest BCUT2D eigenvalue weighted by molar-refractivity contribution is 8.13. The van der Waals surface area contributed by atoms with Gasteiger partial charge in [-0.2, -0.15) is 0 Å². The molecule has 0 saturated carbocycles. The van der Waals surface area contributed by atoms with Crippen LogP contribution in [0.1, 0.15) is 34.1 Å². The Bertz CT molecular complexity index is 228. The lowest BCUT2D eigenvalue weighted by atomic mass is 10.00. The third-order valence-electron chi connectivity index (χ3n) is 2.58. The van der Waals surface area contributed by atoms with Crippen molar-refractivity contribution in [3.8, 4) is 0 Å². The van der Waals surface area contributed by atoms with Crippen LogP contribution in [-0.2, 0) is 14.3 Å². The highest BCUT2D eigenvalue weighted by Crippen LogP contribution is 2.29. The van der Waals surface area contributed by atoms with Gasteiger partial charge >= 0.3 is 0 Å². The van der Waals surface area contributed by atoms with E-state index in [1.54, 1.807) is 6.92 Å². The Kier molecular flexibility index (Phi) is 4.62. The van der Waals surface area contributed by atoms with E-state index >= 15 is 0 Å². The zero-order valence-corrected chi connectivity index (χ0v) is 10.7. The molecule has 0 N–H and O–H groups in total. The molecule has 1 aliphatic rings. The highest BCUT2D eigenvalue weighted by atomic mass is 32.2. The van der Waals surface area contributed by atoms with Crippen molar-refractivity contribution >= 4 is 16.9 Å². The fraction of sp³-hybridized carbons (Fsp3) is 0.909. The van der Waals surface area contributed by atoms with E-state index in [4.69, 9.17) is 9.47 Å². The van der Waals surface area contributed by atoms with Gasteiger partial charge < -0.3 is 9.47 Å². The van der Waals surface area contributed by atoms with Crippen molar-refractivity contribution in [2.75, 3.05) is 12.4 Å². The van der Waals surface area contributed by atoms with Crippen molar-refractivity contribution in [3.63, 3.8) is 0 Å². The molecule has 1 rings (SSSR count). The van der Waals surface area contributed by atoms with Gasteiger partial charge in [0.15, 0.2) is 10.9 Å². The van der Waals surface area contributed by atoms with Gasteiger partial charge in [-0.1, -0.05) is 18.7 Å². The standard InChI is InChI=1S/C11H20O3S/c1-5-9-6-13-11(3,4)14-10(9)7-15-8(2)12/h9-10H,5-7H2,1-4H3. The zero-order chi connectivity index (χ0) is 11.5. The van der Waals surface area contributed by atoms with Gasteiger partial charge in [0, 0.05) is 18.6 Å². The number of hydrogen-bond donors (Lipinski definition) is 0. The number of ether oxygens (including phenoxy) is 2. The topological polar surface area (TPSA) is 35.5 Å². The minimum Gasteiger partial charge on any atom is -0.350 e. The smallest absolute Gasteiger partial charge is 0.185 e. The van der Waals surface area contributed by atoms with Gasteiger partial charge in [-0.15, -0.1) is 0 Å². The molecule has 1 aliphatic heterocycles. The van der Waals surface area contributed by atoms with E-state index in [-0.39, 0.29) is 11.2 Å². The van der Waals surface area contributed by atoms with Crippen LogP contribution in [0.3, 0.4) is 0 Å². The molecule has 0 aromatic heterocycles. The third kappa shape index (κ3) is 4.13. The molecule has 15 heavy (non-hydrogen) atoms. The molecule has 4 heteroatoms. The minimum atomic E-state index is -0.506. The minimum absolute atomic E-state index is 0.132. The number of thioether (sulfide) groups is 1. The largest absolute Gasteiger partial charge is 0.350 e. The van der Waals surface area contributed by atoms with Crippen molar-refractivity contribution < 1.29 is 14.3 Å². The van der Waals surface area contributed by atoms with Crippen LogP contribution in [0.5, 0.6) is 0 Å². The van der Waals surface area contributed by atoms with Gasteiger partial charge in [-0.25, -0.2) is 0 Å². The molecule has 0 aromatic carbocycles. The second-order valence-electron chi connectivity index (χ2n) is 4.34. The lowest BCUT2D eigenvalue weighted by Crippen LogP contribution is -2.46. The van der Waals surface area contributed by atoms with Gasteiger partial charge in [0.1, 0.15) is 0 Å². The lowest BCUT2D eigenvalue weighted by Gasteiger charge is -2.40. The highest BCUT2D eigenvalue weighted by Gasteiger charge is 2.35. The van der Waals surface area contributed by atoms with E-state index < -0.39 is 5.79 Å². The van der Waals surface area contributed by atoms with Gasteiger partial charge in [0.25, 0.3) is 0 Å². The molecule has 0 amide bonds. The van der Waals surface area contributed by atoms with Crippen molar-refractivity contribution in [1.29, 1.82) is 0 Å². The Hall–Kier alpha value is -0.0600. The SMILES string of the molecule is CCC1COC(C)(C)OC1CSC(C)=O. The molecule has 1 heterocycles. The van der Waals surface area contributed by atoms with Gasteiger partial charge in [0.05, 0.1) is 12.7 Å². The maximum Gasteiger partial charge on any atom is 0.185 e. The zero-order valence-electron chi connectivity index (χ0n) is 9.91. The Morgan fingerprint density at radius 2 is 2.20 bits per heavy atom. The monoisotopic (exact) mass is 232 g/mol. The predicted molar refractivity (Wildman–Crippen MR) is 61.8 cm³/mol. The molecule has 0 spiro atoms. The van der Waals surface area contributed by atoms with Crippen molar-refractivity contribution in [2.24, 2.45) is 5.92 Å². The Morgan fingerprint density at radius 3 is 2.73 bits per heavy atom. The van der Waals surface area contributed by atoms with E-state index in [2.05, 4.69) is 6.92 Å². The van der Waals surface area contributed by atoms with Crippen LogP contribution in [0.4, 0.5) is 0 Å². The maximum atomic E-state index is 10.9. The van der Waals surface area contributed by atoms with Crippen LogP contribution >= 0.6 is 11.8 Å². The molecule has 1 saturated heterocycles. The summed E-state index contributed by atoms with van der Waals surface area (Å²) in [5, 5.41) is 0.151. The average molecular weight is 232 g/mol. The van der Waals surface area contributed by atoms with E-state index in [1.807, 2.05) is 13.8 Å². The number of hydrogen-bond acceptors (Lipinski definition) is 4. The summed E-state index contributed by atoms with van der Waals surface area (Å²) in [5.74, 6) is 0.638. The molecule has 88 valence electrons. The molecule has 0 aromatic rings. The molecule has 0 aliphatic carbocycles. The van der Waals surface area contributed by atoms with Gasteiger partial charge in [-0.3, -0.25) is 4.79 Å². The number of carbonyl (C=O) groups excluding carboxylic acids is 1. The normalized spacial score (nSPS) is 30.1. The Labute approximate surface area is 95.9 Å². The molecule has 0 radical (unpaired) electrons. The summed E-state index contributed by atoms with van der Waals surface area (Å²) in [6, 6.07) is 0. The number of carbonyl (C=O) groups is 1. The van der Waals surface area contributed by atoms with Crippen LogP contribution in [0.15, 0.2) is 0 Å². The lowest BCUT2D eigenvalue weighted by molar-refractivity contribution is -0.287. The van der Waals surface area contributed by atoms with Crippen molar-refractivity contribution in [1.82, 2.24) is 0 Å². The van der Waals surface area contributed by atoms with Crippen LogP contribution in [0.2, 0.25) is 0 Å². The van der Waals surface area contributed by atoms with Crippen LogP contribution < -0.4 is 0 Å². The second kappa shape index (κ2) is 5.32. The fourth-order valence-corrected chi connectivity index (χ4v) is 2.40. The van der Waals surface area contributed by atoms with Gasteiger partial charge in [0.2, 0.25) is 0 Å². The third-order valence-corrected chi connectivity index (χ3v) is 3.48. The molecule has 3 nitrogen and oxygen atoms in total. The molecule has 1 fully saturated rings. The summed E-state index contributed by atoms with van der Waals surface area (Å²) < 4.78 is 11.4. The van der Waals surface area contributed by atoms with E-state index in [9.17, 15) is 4.79 Å². The first-order valence-corrected chi connectivity index (χ1v) is 6.38. The van der Waals surface area contributed by atoms with Crippen molar-refractivity contribution in [2.45, 2.75) is 46.0 Å². The van der Waals surface area contributed by atoms with Gasteiger partial charge in [-0.05, 0) is 20.3 Å². The van der Waals surface area contributed by atoms with Crippen molar-refractivity contribution in [3.05, 3.63) is 0 Å². The van der Waals surface area contributed by atoms with E-state index in [0.717, 1.165) is 18.8 Å². The Morgan fingerprint density at radius 1 is 1.53 bits per heavy atom. The molecule has 2 atom stereocenters. The summed E-state index contributed by atoms with van der Waals surface area (Å²) in [6.07, 6.45) is 1.16. The van der Waals surface area contributed by atoms with Crippen LogP contribution in [-0.4, -0.2) is 29.4 Å². The summed E-state index contributed by atoms with van der Waals surface area (Å²) in [7, 11) is 0. The summed E-state index contributed by atoms with van der Waals surface area (Å²) in [6.45, 7) is 8.29. The van der Waals surface area contributed by atoms with Crippen LogP contribution in [0.25, 0.3) is 0 Å². The summed E-state index contributed by atoms with van der Waals surface area (Å²) >= 11 is 1.34. The fourth-order valence-electron chi connectivity index (χ4n) is 1.66. The van der Waals surface area contributed by atoms with Crippen LogP contribution in [0, 0.1) is 5.92 Å². The van der Waals surface area contributed by atoms with E-state index in [1.165, 1.54) is 11.8 Å². The summed E-state index contributed by atoms with van der Waals surface area (Å²) in [4.78, 5) is 10.9. The first-order chi connectivity index (χ1) is 6.94. The molecule has 0 bridgehead atoms. The van der Waals surface area contributed by atoms with E-state index in [0.29, 0.717) is 5.92 Å². The summed E-state index contributed by atoms with van der Waals surface area (Å²) in [5.41, 5.74) is 0. The first-order valence-electron chi connectivity index (χ1n) is 5.39. The predicted octanol–water partition coefficient (Wildman–Crippen LogP) is 2.44. The number of rotatable bonds is 3.